The van der Waals surface area contributed by atoms with Crippen molar-refractivity contribution in [2.75, 3.05) is 5.75 Å². The van der Waals surface area contributed by atoms with E-state index < -0.39 is 0 Å². The second-order valence-corrected chi connectivity index (χ2v) is 7.31. The van der Waals surface area contributed by atoms with Crippen molar-refractivity contribution in [1.29, 1.82) is 0 Å². The zero-order valence-corrected chi connectivity index (χ0v) is 14.2. The summed E-state index contributed by atoms with van der Waals surface area (Å²) in [6.45, 7) is 8.31. The lowest BCUT2D eigenvalue weighted by molar-refractivity contribution is 0.00578. The molecule has 2 aliphatic rings. The van der Waals surface area contributed by atoms with Crippen LogP contribution in [0.2, 0.25) is 0 Å². The topological polar surface area (TPSA) is 18.5 Å². The molecule has 2 nitrogen and oxygen atoms in total. The van der Waals surface area contributed by atoms with Crippen LogP contribution in [-0.2, 0) is 22.2 Å². The van der Waals surface area contributed by atoms with Gasteiger partial charge in [-0.05, 0) is 62.7 Å². The summed E-state index contributed by atoms with van der Waals surface area (Å²) >= 11 is 4.47. The fourth-order valence-corrected chi connectivity index (χ4v) is 2.94. The van der Waals surface area contributed by atoms with Crippen LogP contribution in [0.4, 0.5) is 0 Å². The Morgan fingerprint density at radius 2 is 1.76 bits per heavy atom. The molecule has 0 bridgehead atoms. The minimum Gasteiger partial charge on any atom is -0.400 e. The lowest BCUT2D eigenvalue weighted by atomic mass is 9.77. The summed E-state index contributed by atoms with van der Waals surface area (Å²) in [4.78, 5) is 0. The molecule has 0 N–H and O–H groups in total. The molecule has 1 fully saturated rings. The molecule has 1 heterocycles. The van der Waals surface area contributed by atoms with Gasteiger partial charge in [-0.25, -0.2) is 0 Å². The van der Waals surface area contributed by atoms with Gasteiger partial charge in [0.2, 0.25) is 0 Å². The number of hydrogen-bond acceptors (Lipinski definition) is 3. The van der Waals surface area contributed by atoms with E-state index in [0.717, 1.165) is 5.47 Å². The molecule has 0 unspecified atom stereocenters. The minimum atomic E-state index is -0.307. The van der Waals surface area contributed by atoms with Gasteiger partial charge < -0.3 is 9.31 Å². The first-order chi connectivity index (χ1) is 9.82. The van der Waals surface area contributed by atoms with Crippen LogP contribution in [0.15, 0.2) is 23.7 Å². The van der Waals surface area contributed by atoms with Gasteiger partial charge in [-0.1, -0.05) is 24.3 Å². The first-order valence-corrected chi connectivity index (χ1v) is 8.24. The zero-order chi connectivity index (χ0) is 15.3. The predicted octanol–water partition coefficient (Wildman–Crippen LogP) is 3.73. The first-order valence-electron chi connectivity index (χ1n) is 7.61. The van der Waals surface area contributed by atoms with Crippen LogP contribution in [0.3, 0.4) is 0 Å². The van der Waals surface area contributed by atoms with Gasteiger partial charge >= 0.3 is 7.12 Å². The zero-order valence-electron chi connectivity index (χ0n) is 13.3. The van der Waals surface area contributed by atoms with Crippen LogP contribution in [0.25, 0.3) is 6.08 Å². The van der Waals surface area contributed by atoms with Crippen molar-refractivity contribution < 1.29 is 9.31 Å². The molecule has 1 aromatic rings. The minimum absolute atomic E-state index is 0.305. The van der Waals surface area contributed by atoms with Gasteiger partial charge in [-0.3, -0.25) is 0 Å². The first kappa shape index (κ1) is 15.2. The Kier molecular flexibility index (Phi) is 3.75. The molecule has 0 atom stereocenters. The molecule has 0 radical (unpaired) electrons. The van der Waals surface area contributed by atoms with Gasteiger partial charge in [0, 0.05) is 5.75 Å². The molecule has 1 aliphatic heterocycles. The summed E-state index contributed by atoms with van der Waals surface area (Å²) in [5.74, 6) is 0.633. The molecular formula is C17H23BO2S. The number of fused-ring (bicyclic) bond motifs is 1. The van der Waals surface area contributed by atoms with Crippen molar-refractivity contribution in [3.63, 3.8) is 0 Å². The summed E-state index contributed by atoms with van der Waals surface area (Å²) in [6, 6.07) is 6.67. The predicted molar refractivity (Wildman–Crippen MR) is 91.8 cm³/mol. The molecule has 21 heavy (non-hydrogen) atoms. The lowest BCUT2D eigenvalue weighted by Crippen LogP contribution is -2.41. The number of thiol groups is 1. The third-order valence-electron chi connectivity index (χ3n) is 4.98. The third kappa shape index (κ3) is 2.69. The second kappa shape index (κ2) is 5.18. The SMILES string of the molecule is CC1(C)OB(C(=Cc2ccc3c(c2)CC3)CS)OC1(C)C. The standard InChI is InChI=1S/C17H23BO2S/c1-16(2)17(3,4)20-18(19-16)15(11-21)10-12-5-6-13-7-8-14(13)9-12/h5-6,9-10,21H,7-8,11H2,1-4H3. The van der Waals surface area contributed by atoms with Crippen LogP contribution in [-0.4, -0.2) is 24.1 Å². The summed E-state index contributed by atoms with van der Waals surface area (Å²) in [7, 11) is -0.307. The summed E-state index contributed by atoms with van der Waals surface area (Å²) < 4.78 is 12.2. The number of aryl methyl sites for hydroxylation is 2. The molecule has 0 amide bonds. The third-order valence-corrected chi connectivity index (χ3v) is 5.35. The maximum Gasteiger partial charge on any atom is 0.491 e. The molecule has 0 aromatic heterocycles. The van der Waals surface area contributed by atoms with E-state index in [1.807, 2.05) is 0 Å². The Balaban J connectivity index is 1.85. The molecule has 4 heteroatoms. The van der Waals surface area contributed by atoms with Crippen LogP contribution in [0, 0.1) is 0 Å². The Morgan fingerprint density at radius 1 is 1.14 bits per heavy atom. The van der Waals surface area contributed by atoms with Crippen molar-refractivity contribution in [3.8, 4) is 0 Å². The molecular weight excluding hydrogens is 279 g/mol. The maximum atomic E-state index is 6.12. The average Bonchev–Trinajstić information content (AvgIpc) is 2.58. The van der Waals surface area contributed by atoms with E-state index in [1.54, 1.807) is 0 Å². The van der Waals surface area contributed by atoms with Crippen LogP contribution >= 0.6 is 12.6 Å². The van der Waals surface area contributed by atoms with Crippen molar-refractivity contribution in [2.24, 2.45) is 0 Å². The van der Waals surface area contributed by atoms with Crippen molar-refractivity contribution in [1.82, 2.24) is 0 Å². The summed E-state index contributed by atoms with van der Waals surface area (Å²) in [6.07, 6.45) is 4.58. The van der Waals surface area contributed by atoms with Gasteiger partial charge in [0.15, 0.2) is 0 Å². The van der Waals surface area contributed by atoms with Gasteiger partial charge in [-0.15, -0.1) is 0 Å². The van der Waals surface area contributed by atoms with Gasteiger partial charge in [-0.2, -0.15) is 12.6 Å². The summed E-state index contributed by atoms with van der Waals surface area (Å²) in [5.41, 5.74) is 4.63. The van der Waals surface area contributed by atoms with Gasteiger partial charge in [0.1, 0.15) is 0 Å². The Bertz CT molecular complexity index is 576. The molecule has 1 aliphatic carbocycles. The highest BCUT2D eigenvalue weighted by Crippen LogP contribution is 2.39. The van der Waals surface area contributed by atoms with E-state index in [9.17, 15) is 0 Å². The summed E-state index contributed by atoms with van der Waals surface area (Å²) in [5, 5.41) is 0. The molecule has 0 spiro atoms. The van der Waals surface area contributed by atoms with E-state index in [0.29, 0.717) is 5.75 Å². The quantitative estimate of drug-likeness (QED) is 0.677. The molecule has 1 aromatic carbocycles. The highest BCUT2D eigenvalue weighted by molar-refractivity contribution is 7.80. The van der Waals surface area contributed by atoms with Crippen molar-refractivity contribution in [2.45, 2.75) is 51.7 Å². The van der Waals surface area contributed by atoms with Gasteiger partial charge in [0.25, 0.3) is 0 Å². The smallest absolute Gasteiger partial charge is 0.400 e. The molecule has 3 rings (SSSR count). The molecule has 112 valence electrons. The second-order valence-electron chi connectivity index (χ2n) is 6.99. The Morgan fingerprint density at radius 3 is 2.24 bits per heavy atom. The van der Waals surface area contributed by atoms with E-state index in [2.05, 4.69) is 64.6 Å². The average molecular weight is 302 g/mol. The van der Waals surface area contributed by atoms with E-state index in [4.69, 9.17) is 9.31 Å². The fourth-order valence-electron chi connectivity index (χ4n) is 2.70. The Hall–Kier alpha value is -0.705. The maximum absolute atomic E-state index is 6.12. The van der Waals surface area contributed by atoms with E-state index >= 15 is 0 Å². The fraction of sp³-hybridized carbons (Fsp3) is 0.529. The number of hydrogen-bond donors (Lipinski definition) is 1. The van der Waals surface area contributed by atoms with E-state index in [1.165, 1.54) is 29.5 Å². The molecule has 1 saturated heterocycles. The van der Waals surface area contributed by atoms with Gasteiger partial charge in [0.05, 0.1) is 11.2 Å². The molecule has 0 saturated carbocycles. The van der Waals surface area contributed by atoms with Crippen LogP contribution in [0.1, 0.15) is 44.4 Å². The number of benzene rings is 1. The normalized spacial score (nSPS) is 22.9. The largest absolute Gasteiger partial charge is 0.491 e. The lowest BCUT2D eigenvalue weighted by Gasteiger charge is -2.32. The van der Waals surface area contributed by atoms with Crippen molar-refractivity contribution >= 4 is 25.8 Å². The Labute approximate surface area is 133 Å². The van der Waals surface area contributed by atoms with Crippen molar-refractivity contribution in [3.05, 3.63) is 40.4 Å². The monoisotopic (exact) mass is 302 g/mol. The number of rotatable bonds is 3. The van der Waals surface area contributed by atoms with E-state index in [-0.39, 0.29) is 18.3 Å². The van der Waals surface area contributed by atoms with Crippen LogP contribution in [0.5, 0.6) is 0 Å². The van der Waals surface area contributed by atoms with Crippen LogP contribution < -0.4 is 0 Å². The highest BCUT2D eigenvalue weighted by Gasteiger charge is 2.52. The highest BCUT2D eigenvalue weighted by atomic mass is 32.1.